The van der Waals surface area contributed by atoms with Gasteiger partial charge in [-0.3, -0.25) is 0 Å². The number of benzene rings is 5. The summed E-state index contributed by atoms with van der Waals surface area (Å²) in [7, 11) is 0. The molecule has 0 saturated carbocycles. The van der Waals surface area contributed by atoms with Crippen LogP contribution in [0.1, 0.15) is 0 Å². The van der Waals surface area contributed by atoms with Gasteiger partial charge in [-0.1, -0.05) is 36.4 Å². The Morgan fingerprint density at radius 2 is 0.900 bits per heavy atom. The molecule has 2 nitrogen and oxygen atoms in total. The highest BCUT2D eigenvalue weighted by atomic mass is 19.1. The van der Waals surface area contributed by atoms with E-state index in [1.165, 1.54) is 24.3 Å². The zero-order chi connectivity index (χ0) is 20.0. The Labute approximate surface area is 167 Å². The molecule has 4 heteroatoms. The summed E-state index contributed by atoms with van der Waals surface area (Å²) < 4.78 is 40.6. The fraction of sp³-hybridized carbons (Fsp3) is 0. The average Bonchev–Trinajstić information content (AvgIpc) is 2.77. The Hall–Kier alpha value is -3.92. The lowest BCUT2D eigenvalue weighted by Gasteiger charge is -2.15. The summed E-state index contributed by atoms with van der Waals surface area (Å²) in [5.74, 6) is -0.621. The SMILES string of the molecule is Fc1ccc2oc3c4cccc5c6cc(F)ccc6oc(c6cccc(c2c1)c63)c54. The molecule has 0 aliphatic rings. The molecule has 0 amide bonds. The monoisotopic (exact) mass is 394 g/mol. The minimum absolute atomic E-state index is 0.311. The lowest BCUT2D eigenvalue weighted by atomic mass is 9.94. The highest BCUT2D eigenvalue weighted by molar-refractivity contribution is 6.34. The van der Waals surface area contributed by atoms with Crippen molar-refractivity contribution in [3.63, 3.8) is 0 Å². The number of fused-ring (bicyclic) bond motifs is 6. The summed E-state index contributed by atoms with van der Waals surface area (Å²) in [6.45, 7) is 0. The molecule has 7 aromatic rings. The second-order valence-electron chi connectivity index (χ2n) is 7.60. The van der Waals surface area contributed by atoms with Gasteiger partial charge in [0, 0.05) is 32.3 Å². The van der Waals surface area contributed by atoms with Gasteiger partial charge in [0.15, 0.2) is 0 Å². The molecule has 0 aliphatic carbocycles. The van der Waals surface area contributed by atoms with Crippen LogP contribution in [0.4, 0.5) is 8.78 Å². The summed E-state index contributed by atoms with van der Waals surface area (Å²) in [5, 5.41) is 6.78. The second-order valence-corrected chi connectivity index (χ2v) is 7.60. The summed E-state index contributed by atoms with van der Waals surface area (Å²) in [6, 6.07) is 20.9. The molecule has 0 bridgehead atoms. The van der Waals surface area contributed by atoms with E-state index in [9.17, 15) is 8.78 Å². The number of hydrogen-bond donors (Lipinski definition) is 0. The molecule has 30 heavy (non-hydrogen) atoms. The van der Waals surface area contributed by atoms with E-state index < -0.39 is 0 Å². The third-order valence-electron chi connectivity index (χ3n) is 5.96. The maximum atomic E-state index is 14.0. The Kier molecular flexibility index (Phi) is 2.85. The Bertz CT molecular complexity index is 1690. The summed E-state index contributed by atoms with van der Waals surface area (Å²) >= 11 is 0. The van der Waals surface area contributed by atoms with Crippen molar-refractivity contribution in [1.29, 1.82) is 0 Å². The van der Waals surface area contributed by atoms with Crippen LogP contribution in [0.3, 0.4) is 0 Å². The number of hydrogen-bond acceptors (Lipinski definition) is 2. The maximum absolute atomic E-state index is 14.0. The fourth-order valence-electron chi connectivity index (χ4n) is 4.73. The first-order chi connectivity index (χ1) is 14.7. The second kappa shape index (κ2) is 5.36. The van der Waals surface area contributed by atoms with E-state index in [4.69, 9.17) is 8.83 Å². The lowest BCUT2D eigenvalue weighted by Crippen LogP contribution is -1.90. The first-order valence-corrected chi connectivity index (χ1v) is 9.66. The Morgan fingerprint density at radius 3 is 1.37 bits per heavy atom. The third kappa shape index (κ3) is 1.90. The topological polar surface area (TPSA) is 26.3 Å². The van der Waals surface area contributed by atoms with Crippen LogP contribution in [0.5, 0.6) is 0 Å². The Balaban J connectivity index is 1.87. The van der Waals surface area contributed by atoms with Crippen molar-refractivity contribution in [3.05, 3.63) is 84.4 Å². The minimum Gasteiger partial charge on any atom is -0.455 e. The highest BCUT2D eigenvalue weighted by Gasteiger charge is 2.20. The van der Waals surface area contributed by atoms with E-state index in [1.54, 1.807) is 12.1 Å². The van der Waals surface area contributed by atoms with Gasteiger partial charge in [0.1, 0.15) is 34.0 Å². The lowest BCUT2D eigenvalue weighted by molar-refractivity contribution is 0.624. The van der Waals surface area contributed by atoms with E-state index in [1.807, 2.05) is 36.4 Å². The molecule has 5 aromatic carbocycles. The smallest absolute Gasteiger partial charge is 0.144 e. The van der Waals surface area contributed by atoms with Gasteiger partial charge in [0.2, 0.25) is 0 Å². The van der Waals surface area contributed by atoms with Gasteiger partial charge in [-0.15, -0.1) is 0 Å². The van der Waals surface area contributed by atoms with Gasteiger partial charge >= 0.3 is 0 Å². The van der Waals surface area contributed by atoms with Gasteiger partial charge in [0.05, 0.1) is 0 Å². The van der Waals surface area contributed by atoms with E-state index in [0.717, 1.165) is 32.3 Å². The molecule has 142 valence electrons. The van der Waals surface area contributed by atoms with Crippen molar-refractivity contribution in [2.75, 3.05) is 0 Å². The normalized spacial score (nSPS) is 12.3. The van der Waals surface area contributed by atoms with Crippen LogP contribution in [0, 0.1) is 11.6 Å². The minimum atomic E-state index is -0.311. The van der Waals surface area contributed by atoms with E-state index in [2.05, 4.69) is 0 Å². The van der Waals surface area contributed by atoms with Crippen LogP contribution in [-0.4, -0.2) is 0 Å². The van der Waals surface area contributed by atoms with Crippen LogP contribution in [0.2, 0.25) is 0 Å². The molecule has 7 rings (SSSR count). The maximum Gasteiger partial charge on any atom is 0.144 e. The first kappa shape index (κ1) is 15.9. The zero-order valence-corrected chi connectivity index (χ0v) is 15.5. The van der Waals surface area contributed by atoms with Crippen LogP contribution in [0.25, 0.3) is 65.4 Å². The Morgan fingerprint density at radius 1 is 0.467 bits per heavy atom. The predicted octanol–water partition coefficient (Wildman–Crippen LogP) is 8.07. The van der Waals surface area contributed by atoms with E-state index >= 15 is 0 Å². The van der Waals surface area contributed by atoms with E-state index in [0.29, 0.717) is 33.1 Å². The van der Waals surface area contributed by atoms with Crippen molar-refractivity contribution < 1.29 is 17.6 Å². The molecule has 0 atom stereocenters. The number of rotatable bonds is 0. The van der Waals surface area contributed by atoms with Gasteiger partial charge in [-0.2, -0.15) is 0 Å². The fourth-order valence-corrected chi connectivity index (χ4v) is 4.73. The van der Waals surface area contributed by atoms with Gasteiger partial charge in [-0.25, -0.2) is 8.78 Å². The molecule has 0 aliphatic heterocycles. The largest absolute Gasteiger partial charge is 0.455 e. The van der Waals surface area contributed by atoms with Crippen molar-refractivity contribution in [3.8, 4) is 0 Å². The standard InChI is InChI=1S/C26H12F2O2/c27-13-7-9-21-19(11-13)15-3-1-5-17-23(15)26(30-21)18-6-2-4-16-20-12-14(28)8-10-22(20)29-25(17)24(16)18/h1-12H. The zero-order valence-electron chi connectivity index (χ0n) is 15.5. The highest BCUT2D eigenvalue weighted by Crippen LogP contribution is 2.44. The van der Waals surface area contributed by atoms with Crippen LogP contribution >= 0.6 is 0 Å². The van der Waals surface area contributed by atoms with Crippen molar-refractivity contribution >= 4 is 65.4 Å². The van der Waals surface area contributed by atoms with Crippen molar-refractivity contribution in [2.24, 2.45) is 0 Å². The summed E-state index contributed by atoms with van der Waals surface area (Å²) in [4.78, 5) is 0. The van der Waals surface area contributed by atoms with Gasteiger partial charge < -0.3 is 8.83 Å². The molecular formula is C26H12F2O2. The molecule has 0 radical (unpaired) electrons. The summed E-state index contributed by atoms with van der Waals surface area (Å²) in [6.07, 6.45) is 0. The molecular weight excluding hydrogens is 382 g/mol. The van der Waals surface area contributed by atoms with E-state index in [-0.39, 0.29) is 11.6 Å². The van der Waals surface area contributed by atoms with Gasteiger partial charge in [0.25, 0.3) is 0 Å². The van der Waals surface area contributed by atoms with Crippen molar-refractivity contribution in [1.82, 2.24) is 0 Å². The first-order valence-electron chi connectivity index (χ1n) is 9.66. The quantitative estimate of drug-likeness (QED) is 0.192. The predicted molar refractivity (Wildman–Crippen MR) is 116 cm³/mol. The van der Waals surface area contributed by atoms with Crippen LogP contribution in [0.15, 0.2) is 81.6 Å². The molecule has 2 aromatic heterocycles. The van der Waals surface area contributed by atoms with Crippen LogP contribution < -0.4 is 0 Å². The van der Waals surface area contributed by atoms with Crippen LogP contribution in [-0.2, 0) is 0 Å². The van der Waals surface area contributed by atoms with Crippen molar-refractivity contribution in [2.45, 2.75) is 0 Å². The molecule has 0 N–H and O–H groups in total. The summed E-state index contributed by atoms with van der Waals surface area (Å²) in [5.41, 5.74) is 2.65. The molecule has 0 spiro atoms. The molecule has 0 fully saturated rings. The molecule has 2 heterocycles. The molecule has 0 unspecified atom stereocenters. The number of halogens is 2. The molecule has 0 saturated heterocycles. The third-order valence-corrected chi connectivity index (χ3v) is 5.96. The average molecular weight is 394 g/mol. The van der Waals surface area contributed by atoms with Gasteiger partial charge in [-0.05, 0) is 47.2 Å².